The summed E-state index contributed by atoms with van der Waals surface area (Å²) in [6, 6.07) is 13.7. The maximum atomic E-state index is 13.5. The van der Waals surface area contributed by atoms with Crippen LogP contribution in [0.2, 0.25) is 0 Å². The summed E-state index contributed by atoms with van der Waals surface area (Å²) in [6.07, 6.45) is 1.26. The standard InChI is InChI=1S/C17H19F2N/c1-13(12-15-7-3-5-9-17(15)19)20-11-10-14-6-2-4-8-16(14)18/h2-9,13,20H,10-12H2,1H3. The van der Waals surface area contributed by atoms with Gasteiger partial charge in [0, 0.05) is 6.04 Å². The molecule has 2 aromatic carbocycles. The summed E-state index contributed by atoms with van der Waals surface area (Å²) in [5.41, 5.74) is 1.41. The van der Waals surface area contributed by atoms with Crippen molar-refractivity contribution in [1.29, 1.82) is 0 Å². The molecule has 0 bridgehead atoms. The van der Waals surface area contributed by atoms with Gasteiger partial charge in [-0.2, -0.15) is 0 Å². The largest absolute Gasteiger partial charge is 0.314 e. The molecule has 2 aromatic rings. The van der Waals surface area contributed by atoms with Crippen LogP contribution in [0.1, 0.15) is 18.1 Å². The van der Waals surface area contributed by atoms with E-state index in [1.807, 2.05) is 19.1 Å². The average Bonchev–Trinajstić information content (AvgIpc) is 2.43. The molecule has 0 aliphatic rings. The highest BCUT2D eigenvalue weighted by atomic mass is 19.1. The fourth-order valence-electron chi connectivity index (χ4n) is 2.22. The van der Waals surface area contributed by atoms with Gasteiger partial charge in [-0.25, -0.2) is 8.78 Å². The van der Waals surface area contributed by atoms with Crippen LogP contribution in [0.25, 0.3) is 0 Å². The molecule has 1 N–H and O–H groups in total. The summed E-state index contributed by atoms with van der Waals surface area (Å²) in [5.74, 6) is -0.341. The third kappa shape index (κ3) is 4.14. The Balaban J connectivity index is 1.80. The second kappa shape index (κ2) is 7.15. The molecule has 0 amide bonds. The molecule has 0 aliphatic heterocycles. The van der Waals surface area contributed by atoms with Crippen molar-refractivity contribution in [3.8, 4) is 0 Å². The monoisotopic (exact) mass is 275 g/mol. The predicted octanol–water partition coefficient (Wildman–Crippen LogP) is 3.73. The SMILES string of the molecule is CC(Cc1ccccc1F)NCCc1ccccc1F. The molecule has 0 aromatic heterocycles. The summed E-state index contributed by atoms with van der Waals surface area (Å²) in [6.45, 7) is 2.68. The number of halogens is 2. The zero-order chi connectivity index (χ0) is 14.4. The van der Waals surface area contributed by atoms with Gasteiger partial charge in [-0.05, 0) is 49.6 Å². The van der Waals surface area contributed by atoms with Gasteiger partial charge >= 0.3 is 0 Å². The van der Waals surface area contributed by atoms with Crippen LogP contribution in [0.15, 0.2) is 48.5 Å². The van der Waals surface area contributed by atoms with Gasteiger partial charge in [0.1, 0.15) is 11.6 Å². The molecule has 20 heavy (non-hydrogen) atoms. The Kier molecular flexibility index (Phi) is 5.24. The minimum absolute atomic E-state index is 0.152. The molecule has 0 saturated heterocycles. The Bertz CT molecular complexity index is 554. The van der Waals surface area contributed by atoms with Crippen LogP contribution in [0.4, 0.5) is 8.78 Å². The highest BCUT2D eigenvalue weighted by Crippen LogP contribution is 2.10. The first-order chi connectivity index (χ1) is 9.66. The van der Waals surface area contributed by atoms with Gasteiger partial charge < -0.3 is 5.32 Å². The molecule has 0 radical (unpaired) electrons. The molecule has 1 nitrogen and oxygen atoms in total. The second-order valence-corrected chi connectivity index (χ2v) is 4.99. The van der Waals surface area contributed by atoms with Crippen molar-refractivity contribution in [1.82, 2.24) is 5.32 Å². The van der Waals surface area contributed by atoms with Crippen LogP contribution in [0.5, 0.6) is 0 Å². The van der Waals surface area contributed by atoms with E-state index < -0.39 is 0 Å². The van der Waals surface area contributed by atoms with Gasteiger partial charge in [-0.1, -0.05) is 36.4 Å². The lowest BCUT2D eigenvalue weighted by Gasteiger charge is -2.14. The average molecular weight is 275 g/mol. The van der Waals surface area contributed by atoms with Gasteiger partial charge in [0.2, 0.25) is 0 Å². The fraction of sp³-hybridized carbons (Fsp3) is 0.294. The first-order valence-corrected chi connectivity index (χ1v) is 6.87. The number of hydrogen-bond donors (Lipinski definition) is 1. The highest BCUT2D eigenvalue weighted by molar-refractivity contribution is 5.19. The molecular formula is C17H19F2N. The van der Waals surface area contributed by atoms with E-state index in [4.69, 9.17) is 0 Å². The predicted molar refractivity (Wildman–Crippen MR) is 77.7 cm³/mol. The molecule has 0 fully saturated rings. The fourth-order valence-corrected chi connectivity index (χ4v) is 2.22. The van der Waals surface area contributed by atoms with Crippen molar-refractivity contribution in [2.24, 2.45) is 0 Å². The Morgan fingerprint density at radius 2 is 1.45 bits per heavy atom. The third-order valence-electron chi connectivity index (χ3n) is 3.33. The van der Waals surface area contributed by atoms with E-state index in [-0.39, 0.29) is 17.7 Å². The molecular weight excluding hydrogens is 256 g/mol. The van der Waals surface area contributed by atoms with Crippen molar-refractivity contribution in [3.63, 3.8) is 0 Å². The van der Waals surface area contributed by atoms with Gasteiger partial charge in [0.15, 0.2) is 0 Å². The van der Waals surface area contributed by atoms with E-state index in [0.29, 0.717) is 30.5 Å². The zero-order valence-electron chi connectivity index (χ0n) is 11.6. The molecule has 0 spiro atoms. The molecule has 1 atom stereocenters. The summed E-state index contributed by atoms with van der Waals surface area (Å²) >= 11 is 0. The number of rotatable bonds is 6. The summed E-state index contributed by atoms with van der Waals surface area (Å²) in [5, 5.41) is 3.30. The smallest absolute Gasteiger partial charge is 0.126 e. The van der Waals surface area contributed by atoms with Crippen LogP contribution >= 0.6 is 0 Å². The Hall–Kier alpha value is -1.74. The second-order valence-electron chi connectivity index (χ2n) is 4.99. The lowest BCUT2D eigenvalue weighted by molar-refractivity contribution is 0.523. The van der Waals surface area contributed by atoms with Crippen molar-refractivity contribution in [2.75, 3.05) is 6.54 Å². The third-order valence-corrected chi connectivity index (χ3v) is 3.33. The Morgan fingerprint density at radius 1 is 0.900 bits per heavy atom. The quantitative estimate of drug-likeness (QED) is 0.847. The maximum absolute atomic E-state index is 13.5. The van der Waals surface area contributed by atoms with Crippen LogP contribution in [-0.4, -0.2) is 12.6 Å². The van der Waals surface area contributed by atoms with E-state index in [2.05, 4.69) is 5.32 Å². The van der Waals surface area contributed by atoms with Crippen molar-refractivity contribution in [3.05, 3.63) is 71.3 Å². The summed E-state index contributed by atoms with van der Waals surface area (Å²) in [4.78, 5) is 0. The number of benzene rings is 2. The van der Waals surface area contributed by atoms with Crippen molar-refractivity contribution >= 4 is 0 Å². The first kappa shape index (κ1) is 14.7. The van der Waals surface area contributed by atoms with Gasteiger partial charge in [0.25, 0.3) is 0 Å². The lowest BCUT2D eigenvalue weighted by Crippen LogP contribution is -2.30. The highest BCUT2D eigenvalue weighted by Gasteiger charge is 2.07. The van der Waals surface area contributed by atoms with Crippen LogP contribution in [0.3, 0.4) is 0 Å². The van der Waals surface area contributed by atoms with E-state index >= 15 is 0 Å². The van der Waals surface area contributed by atoms with E-state index in [9.17, 15) is 8.78 Å². The number of hydrogen-bond acceptors (Lipinski definition) is 1. The van der Waals surface area contributed by atoms with Crippen LogP contribution in [0, 0.1) is 11.6 Å². The summed E-state index contributed by atoms with van der Waals surface area (Å²) < 4.78 is 26.9. The molecule has 1 unspecified atom stereocenters. The molecule has 0 heterocycles. The van der Waals surface area contributed by atoms with Crippen molar-refractivity contribution in [2.45, 2.75) is 25.8 Å². The topological polar surface area (TPSA) is 12.0 Å². The van der Waals surface area contributed by atoms with Gasteiger partial charge in [-0.3, -0.25) is 0 Å². The molecule has 0 saturated carbocycles. The molecule has 0 aliphatic carbocycles. The van der Waals surface area contributed by atoms with Gasteiger partial charge in [-0.15, -0.1) is 0 Å². The van der Waals surface area contributed by atoms with E-state index in [1.54, 1.807) is 24.3 Å². The van der Waals surface area contributed by atoms with Gasteiger partial charge in [0.05, 0.1) is 0 Å². The zero-order valence-corrected chi connectivity index (χ0v) is 11.6. The van der Waals surface area contributed by atoms with Crippen LogP contribution < -0.4 is 5.32 Å². The Morgan fingerprint density at radius 3 is 2.05 bits per heavy atom. The lowest BCUT2D eigenvalue weighted by atomic mass is 10.1. The number of nitrogens with one attached hydrogen (secondary N) is 1. The Labute approximate surface area is 118 Å². The minimum Gasteiger partial charge on any atom is -0.314 e. The summed E-state index contributed by atoms with van der Waals surface area (Å²) in [7, 11) is 0. The van der Waals surface area contributed by atoms with E-state index in [0.717, 1.165) is 0 Å². The minimum atomic E-state index is -0.171. The maximum Gasteiger partial charge on any atom is 0.126 e. The normalized spacial score (nSPS) is 12.3. The molecule has 2 rings (SSSR count). The first-order valence-electron chi connectivity index (χ1n) is 6.87. The molecule has 106 valence electrons. The molecule has 3 heteroatoms. The van der Waals surface area contributed by atoms with Crippen molar-refractivity contribution < 1.29 is 8.78 Å². The van der Waals surface area contributed by atoms with Crippen LogP contribution in [-0.2, 0) is 12.8 Å². The van der Waals surface area contributed by atoms with E-state index in [1.165, 1.54) is 12.1 Å².